The summed E-state index contributed by atoms with van der Waals surface area (Å²) in [5.74, 6) is -0.168. The largest absolute Gasteiger partial charge is 0.376 e. The molecule has 0 atom stereocenters. The molecule has 0 spiro atoms. The van der Waals surface area contributed by atoms with Gasteiger partial charge in [-0.3, -0.25) is 9.69 Å². The van der Waals surface area contributed by atoms with Gasteiger partial charge in [0.05, 0.1) is 0 Å². The molecule has 0 aliphatic rings. The zero-order valence-electron chi connectivity index (χ0n) is 10.3. The Hall–Kier alpha value is -0.610. The molecule has 2 N–H and O–H groups in total. The number of nitrogens with zero attached hydrogens (tertiary/aromatic N) is 1. The van der Waals surface area contributed by atoms with Crippen molar-refractivity contribution >= 4 is 5.91 Å². The minimum atomic E-state index is -0.397. The molecule has 4 heteroatoms. The topological polar surface area (TPSA) is 60.8 Å². The predicted molar refractivity (Wildman–Crippen MR) is 63.6 cm³/mol. The van der Waals surface area contributed by atoms with Crippen molar-refractivity contribution in [1.82, 2.24) is 4.90 Å². The summed E-state index contributed by atoms with van der Waals surface area (Å²) in [6, 6.07) is 0. The molecule has 0 fully saturated rings. The van der Waals surface area contributed by atoms with Crippen LogP contribution in [0.2, 0.25) is 0 Å². The summed E-state index contributed by atoms with van der Waals surface area (Å²) in [7, 11) is 0. The summed E-state index contributed by atoms with van der Waals surface area (Å²) in [5.41, 5.74) is 0. The first kappa shape index (κ1) is 15.4. The molecule has 0 aliphatic carbocycles. The van der Waals surface area contributed by atoms with Gasteiger partial charge in [-0.25, -0.2) is 0 Å². The first-order chi connectivity index (χ1) is 7.76. The Kier molecular flexibility index (Phi) is 10.5. The predicted octanol–water partition coefficient (Wildman–Crippen LogP) is 1.86. The van der Waals surface area contributed by atoms with E-state index in [1.807, 2.05) is 0 Å². The molecule has 4 nitrogen and oxygen atoms in total. The number of amides is 1. The molecule has 0 bridgehead atoms. The lowest BCUT2D eigenvalue weighted by Crippen LogP contribution is -2.32. The highest BCUT2D eigenvalue weighted by molar-refractivity contribution is 5.75. The fraction of sp³-hybridized carbons (Fsp3) is 0.917. The third-order valence-electron chi connectivity index (χ3n) is 2.69. The van der Waals surface area contributed by atoms with E-state index >= 15 is 0 Å². The van der Waals surface area contributed by atoms with E-state index in [-0.39, 0.29) is 5.91 Å². The third-order valence-corrected chi connectivity index (χ3v) is 2.69. The smallest absolute Gasteiger partial charge is 0.226 e. The summed E-state index contributed by atoms with van der Waals surface area (Å²) in [6.07, 6.45) is 8.57. The number of carbonyl (C=O) groups is 1. The lowest BCUT2D eigenvalue weighted by Gasteiger charge is -2.16. The standard InChI is InChI=1S/C12H25NO3/c1-2-3-4-5-6-7-8-9-12(16)13(10-14)11-15/h14-15H,2-11H2,1H3. The first-order valence-electron chi connectivity index (χ1n) is 6.25. The summed E-state index contributed by atoms with van der Waals surface area (Å²) in [4.78, 5) is 12.4. The Morgan fingerprint density at radius 3 is 1.94 bits per heavy atom. The normalized spacial score (nSPS) is 10.4. The molecule has 0 heterocycles. The highest BCUT2D eigenvalue weighted by Gasteiger charge is 2.09. The van der Waals surface area contributed by atoms with Crippen molar-refractivity contribution in [2.45, 2.75) is 58.3 Å². The summed E-state index contributed by atoms with van der Waals surface area (Å²) < 4.78 is 0. The molecule has 0 rings (SSSR count). The van der Waals surface area contributed by atoms with Crippen LogP contribution in [0.5, 0.6) is 0 Å². The summed E-state index contributed by atoms with van der Waals surface area (Å²) in [6.45, 7) is 1.40. The fourth-order valence-corrected chi connectivity index (χ4v) is 1.59. The monoisotopic (exact) mass is 231 g/mol. The number of hydrogen-bond donors (Lipinski definition) is 2. The molecule has 96 valence electrons. The second-order valence-corrected chi connectivity index (χ2v) is 4.09. The molecule has 0 aromatic carbocycles. The summed E-state index contributed by atoms with van der Waals surface area (Å²) in [5, 5.41) is 17.5. The Labute approximate surface area is 98.3 Å². The third kappa shape index (κ3) is 7.65. The van der Waals surface area contributed by atoms with E-state index in [4.69, 9.17) is 10.2 Å². The molecular weight excluding hydrogens is 206 g/mol. The van der Waals surface area contributed by atoms with Gasteiger partial charge in [-0.1, -0.05) is 45.4 Å². The molecule has 1 amide bonds. The van der Waals surface area contributed by atoms with Crippen LogP contribution in [0.4, 0.5) is 0 Å². The number of hydrogen-bond acceptors (Lipinski definition) is 3. The molecule has 0 aromatic rings. The number of aliphatic hydroxyl groups is 2. The van der Waals surface area contributed by atoms with Gasteiger partial charge in [0.1, 0.15) is 13.5 Å². The second kappa shape index (κ2) is 10.9. The van der Waals surface area contributed by atoms with Crippen molar-refractivity contribution in [3.8, 4) is 0 Å². The van der Waals surface area contributed by atoms with Crippen molar-refractivity contribution in [1.29, 1.82) is 0 Å². The molecular formula is C12H25NO3. The molecule has 0 saturated carbocycles. The van der Waals surface area contributed by atoms with Gasteiger partial charge in [0.15, 0.2) is 0 Å². The molecule has 0 radical (unpaired) electrons. The van der Waals surface area contributed by atoms with Crippen molar-refractivity contribution in [3.63, 3.8) is 0 Å². The van der Waals surface area contributed by atoms with E-state index in [0.29, 0.717) is 6.42 Å². The minimum Gasteiger partial charge on any atom is -0.376 e. The van der Waals surface area contributed by atoms with Crippen molar-refractivity contribution in [2.75, 3.05) is 13.5 Å². The van der Waals surface area contributed by atoms with Gasteiger partial charge in [-0.05, 0) is 6.42 Å². The van der Waals surface area contributed by atoms with Gasteiger partial charge in [0.25, 0.3) is 0 Å². The van der Waals surface area contributed by atoms with Crippen LogP contribution in [0, 0.1) is 0 Å². The van der Waals surface area contributed by atoms with Crippen LogP contribution >= 0.6 is 0 Å². The van der Waals surface area contributed by atoms with Crippen LogP contribution < -0.4 is 0 Å². The molecule has 0 unspecified atom stereocenters. The molecule has 0 aromatic heterocycles. The fourth-order valence-electron chi connectivity index (χ4n) is 1.59. The average Bonchev–Trinajstić information content (AvgIpc) is 2.29. The van der Waals surface area contributed by atoms with Gasteiger partial charge in [0.2, 0.25) is 5.91 Å². The summed E-state index contributed by atoms with van der Waals surface area (Å²) >= 11 is 0. The lowest BCUT2D eigenvalue weighted by molar-refractivity contribution is -0.139. The van der Waals surface area contributed by atoms with Crippen LogP contribution in [0.3, 0.4) is 0 Å². The maximum Gasteiger partial charge on any atom is 0.226 e. The van der Waals surface area contributed by atoms with E-state index in [1.54, 1.807) is 0 Å². The minimum absolute atomic E-state index is 0.168. The van der Waals surface area contributed by atoms with Crippen molar-refractivity contribution in [2.24, 2.45) is 0 Å². The Balaban J connectivity index is 3.33. The van der Waals surface area contributed by atoms with Crippen LogP contribution in [0.1, 0.15) is 58.3 Å². The second-order valence-electron chi connectivity index (χ2n) is 4.09. The molecule has 0 aliphatic heterocycles. The van der Waals surface area contributed by atoms with Crippen molar-refractivity contribution < 1.29 is 15.0 Å². The Morgan fingerprint density at radius 2 is 1.44 bits per heavy atom. The zero-order valence-corrected chi connectivity index (χ0v) is 10.3. The van der Waals surface area contributed by atoms with E-state index in [1.165, 1.54) is 32.1 Å². The maximum absolute atomic E-state index is 11.3. The Morgan fingerprint density at radius 1 is 0.938 bits per heavy atom. The quantitative estimate of drug-likeness (QED) is 0.445. The van der Waals surface area contributed by atoms with Gasteiger partial charge in [0, 0.05) is 6.42 Å². The van der Waals surface area contributed by atoms with Gasteiger partial charge in [-0.2, -0.15) is 0 Å². The number of unbranched alkanes of at least 4 members (excludes halogenated alkanes) is 6. The maximum atomic E-state index is 11.3. The number of carbonyl (C=O) groups excluding carboxylic acids is 1. The zero-order chi connectivity index (χ0) is 12.2. The van der Waals surface area contributed by atoms with E-state index in [0.717, 1.165) is 17.7 Å². The number of aliphatic hydroxyl groups excluding tert-OH is 2. The highest BCUT2D eigenvalue weighted by atomic mass is 16.3. The van der Waals surface area contributed by atoms with Gasteiger partial charge >= 0.3 is 0 Å². The van der Waals surface area contributed by atoms with E-state index in [2.05, 4.69) is 6.92 Å². The Bertz CT molecular complexity index is 170. The van der Waals surface area contributed by atoms with Crippen LogP contribution in [0.25, 0.3) is 0 Å². The van der Waals surface area contributed by atoms with Crippen LogP contribution in [0.15, 0.2) is 0 Å². The van der Waals surface area contributed by atoms with Gasteiger partial charge in [-0.15, -0.1) is 0 Å². The first-order valence-corrected chi connectivity index (χ1v) is 6.25. The molecule has 0 saturated heterocycles. The van der Waals surface area contributed by atoms with Crippen LogP contribution in [-0.4, -0.2) is 34.5 Å². The van der Waals surface area contributed by atoms with Crippen molar-refractivity contribution in [3.05, 3.63) is 0 Å². The van der Waals surface area contributed by atoms with E-state index < -0.39 is 13.5 Å². The SMILES string of the molecule is CCCCCCCCCC(=O)N(CO)CO. The van der Waals surface area contributed by atoms with Crippen LogP contribution in [-0.2, 0) is 4.79 Å². The number of rotatable bonds is 10. The molecule has 16 heavy (non-hydrogen) atoms. The highest BCUT2D eigenvalue weighted by Crippen LogP contribution is 2.09. The lowest BCUT2D eigenvalue weighted by atomic mass is 10.1. The van der Waals surface area contributed by atoms with Gasteiger partial charge < -0.3 is 10.2 Å². The van der Waals surface area contributed by atoms with E-state index in [9.17, 15) is 4.79 Å². The average molecular weight is 231 g/mol.